The standard InChI is InChI=1S/C14H20N2O/c1-12(2)15-6-8-16(9-7-15)14-5-3-4-13(10-14)11-17/h3-5,10-12H,6-9H2,1-2H3. The van der Waals surface area contributed by atoms with E-state index in [1.54, 1.807) is 0 Å². The van der Waals surface area contributed by atoms with E-state index in [9.17, 15) is 4.79 Å². The van der Waals surface area contributed by atoms with Gasteiger partial charge in [-0.3, -0.25) is 9.69 Å². The number of nitrogens with zero attached hydrogens (tertiary/aromatic N) is 2. The van der Waals surface area contributed by atoms with E-state index in [-0.39, 0.29) is 0 Å². The van der Waals surface area contributed by atoms with Gasteiger partial charge in [0.1, 0.15) is 6.29 Å². The second-order valence-corrected chi connectivity index (χ2v) is 4.83. The lowest BCUT2D eigenvalue weighted by molar-refractivity contribution is 0.112. The molecule has 1 heterocycles. The Bertz CT molecular complexity index is 382. The minimum absolute atomic E-state index is 0.624. The minimum Gasteiger partial charge on any atom is -0.369 e. The molecule has 0 bridgehead atoms. The molecule has 0 unspecified atom stereocenters. The van der Waals surface area contributed by atoms with Crippen LogP contribution in [-0.2, 0) is 0 Å². The lowest BCUT2D eigenvalue weighted by Crippen LogP contribution is -2.48. The van der Waals surface area contributed by atoms with E-state index in [2.05, 4.69) is 29.7 Å². The molecule has 1 aliphatic rings. The molecule has 0 N–H and O–H groups in total. The van der Waals surface area contributed by atoms with Gasteiger partial charge in [0.2, 0.25) is 0 Å². The molecule has 0 aliphatic carbocycles. The smallest absolute Gasteiger partial charge is 0.150 e. The number of hydrogen-bond donors (Lipinski definition) is 0. The van der Waals surface area contributed by atoms with Crippen molar-refractivity contribution in [1.29, 1.82) is 0 Å². The summed E-state index contributed by atoms with van der Waals surface area (Å²) in [6.07, 6.45) is 0.911. The molecular formula is C14H20N2O. The summed E-state index contributed by atoms with van der Waals surface area (Å²) < 4.78 is 0. The average molecular weight is 232 g/mol. The Morgan fingerprint density at radius 2 is 1.88 bits per heavy atom. The van der Waals surface area contributed by atoms with E-state index >= 15 is 0 Å². The molecule has 0 saturated carbocycles. The summed E-state index contributed by atoms with van der Waals surface area (Å²) in [6, 6.07) is 8.48. The molecule has 92 valence electrons. The van der Waals surface area contributed by atoms with Crippen molar-refractivity contribution in [3.8, 4) is 0 Å². The van der Waals surface area contributed by atoms with Crippen LogP contribution >= 0.6 is 0 Å². The molecule has 0 aromatic heterocycles. The zero-order valence-electron chi connectivity index (χ0n) is 10.6. The molecule has 2 rings (SSSR count). The van der Waals surface area contributed by atoms with Crippen LogP contribution in [-0.4, -0.2) is 43.4 Å². The van der Waals surface area contributed by atoms with Crippen molar-refractivity contribution in [3.05, 3.63) is 29.8 Å². The van der Waals surface area contributed by atoms with Gasteiger partial charge < -0.3 is 4.90 Å². The number of benzene rings is 1. The molecule has 0 atom stereocenters. The van der Waals surface area contributed by atoms with Gasteiger partial charge in [0.25, 0.3) is 0 Å². The van der Waals surface area contributed by atoms with Crippen molar-refractivity contribution in [2.75, 3.05) is 31.1 Å². The molecule has 1 fully saturated rings. The Morgan fingerprint density at radius 3 is 2.47 bits per heavy atom. The maximum atomic E-state index is 10.8. The summed E-state index contributed by atoms with van der Waals surface area (Å²) in [6.45, 7) is 8.76. The highest BCUT2D eigenvalue weighted by atomic mass is 16.1. The van der Waals surface area contributed by atoms with E-state index in [1.165, 1.54) is 0 Å². The molecule has 3 nitrogen and oxygen atoms in total. The highest BCUT2D eigenvalue weighted by Gasteiger charge is 2.18. The maximum absolute atomic E-state index is 10.8. The average Bonchev–Trinajstić information content (AvgIpc) is 2.39. The Hall–Kier alpha value is -1.35. The number of hydrogen-bond acceptors (Lipinski definition) is 3. The van der Waals surface area contributed by atoms with Gasteiger partial charge in [-0.1, -0.05) is 12.1 Å². The number of carbonyl (C=O) groups is 1. The molecular weight excluding hydrogens is 212 g/mol. The molecule has 3 heteroatoms. The summed E-state index contributed by atoms with van der Waals surface area (Å²) in [7, 11) is 0. The number of carbonyl (C=O) groups excluding carboxylic acids is 1. The van der Waals surface area contributed by atoms with Crippen LogP contribution in [0.25, 0.3) is 0 Å². The van der Waals surface area contributed by atoms with Gasteiger partial charge in [0.05, 0.1) is 0 Å². The number of aldehydes is 1. The van der Waals surface area contributed by atoms with Crippen LogP contribution in [0.2, 0.25) is 0 Å². The van der Waals surface area contributed by atoms with Gasteiger partial charge in [0.15, 0.2) is 0 Å². The topological polar surface area (TPSA) is 23.6 Å². The molecule has 0 spiro atoms. The largest absolute Gasteiger partial charge is 0.369 e. The first kappa shape index (κ1) is 12.1. The summed E-state index contributed by atoms with van der Waals surface area (Å²) in [5.74, 6) is 0. The number of anilines is 1. The zero-order chi connectivity index (χ0) is 12.3. The van der Waals surface area contributed by atoms with Crippen molar-refractivity contribution < 1.29 is 4.79 Å². The van der Waals surface area contributed by atoms with E-state index in [1.807, 2.05) is 18.2 Å². The first-order valence-electron chi connectivity index (χ1n) is 6.25. The molecule has 0 amide bonds. The van der Waals surface area contributed by atoms with Crippen molar-refractivity contribution >= 4 is 12.0 Å². The zero-order valence-corrected chi connectivity index (χ0v) is 10.6. The number of rotatable bonds is 3. The maximum Gasteiger partial charge on any atom is 0.150 e. The van der Waals surface area contributed by atoms with E-state index in [0.717, 1.165) is 43.7 Å². The van der Waals surface area contributed by atoms with Crippen LogP contribution in [0, 0.1) is 0 Å². The Morgan fingerprint density at radius 1 is 1.18 bits per heavy atom. The summed E-state index contributed by atoms with van der Waals surface area (Å²) >= 11 is 0. The second kappa shape index (κ2) is 5.32. The van der Waals surface area contributed by atoms with Gasteiger partial charge in [-0.15, -0.1) is 0 Å². The fraction of sp³-hybridized carbons (Fsp3) is 0.500. The quantitative estimate of drug-likeness (QED) is 0.745. The number of piperazine rings is 1. The fourth-order valence-electron chi connectivity index (χ4n) is 2.29. The van der Waals surface area contributed by atoms with Gasteiger partial charge in [-0.05, 0) is 26.0 Å². The van der Waals surface area contributed by atoms with Crippen molar-refractivity contribution in [2.24, 2.45) is 0 Å². The lowest BCUT2D eigenvalue weighted by atomic mass is 10.1. The van der Waals surface area contributed by atoms with Gasteiger partial charge >= 0.3 is 0 Å². The summed E-state index contributed by atoms with van der Waals surface area (Å²) in [4.78, 5) is 15.6. The van der Waals surface area contributed by atoms with E-state index in [4.69, 9.17) is 0 Å². The molecule has 1 aliphatic heterocycles. The van der Waals surface area contributed by atoms with Crippen molar-refractivity contribution in [1.82, 2.24) is 4.90 Å². The van der Waals surface area contributed by atoms with Crippen LogP contribution < -0.4 is 4.90 Å². The molecule has 0 radical (unpaired) electrons. The van der Waals surface area contributed by atoms with E-state index < -0.39 is 0 Å². The molecule has 1 saturated heterocycles. The molecule has 1 aromatic rings. The molecule has 17 heavy (non-hydrogen) atoms. The van der Waals surface area contributed by atoms with Gasteiger partial charge in [0, 0.05) is 43.5 Å². The van der Waals surface area contributed by atoms with Crippen LogP contribution in [0.1, 0.15) is 24.2 Å². The van der Waals surface area contributed by atoms with Crippen molar-refractivity contribution in [2.45, 2.75) is 19.9 Å². The van der Waals surface area contributed by atoms with Gasteiger partial charge in [-0.25, -0.2) is 0 Å². The third kappa shape index (κ3) is 2.86. The van der Waals surface area contributed by atoms with E-state index in [0.29, 0.717) is 6.04 Å². The van der Waals surface area contributed by atoms with Gasteiger partial charge in [-0.2, -0.15) is 0 Å². The highest BCUT2D eigenvalue weighted by molar-refractivity contribution is 5.77. The Kier molecular flexibility index (Phi) is 3.79. The lowest BCUT2D eigenvalue weighted by Gasteiger charge is -2.38. The van der Waals surface area contributed by atoms with Crippen LogP contribution in [0.3, 0.4) is 0 Å². The van der Waals surface area contributed by atoms with Crippen LogP contribution in [0.5, 0.6) is 0 Å². The SMILES string of the molecule is CC(C)N1CCN(c2cccc(C=O)c2)CC1. The fourth-order valence-corrected chi connectivity index (χ4v) is 2.29. The Labute approximate surface area is 103 Å². The summed E-state index contributed by atoms with van der Waals surface area (Å²) in [5.41, 5.74) is 1.92. The van der Waals surface area contributed by atoms with Crippen molar-refractivity contribution in [3.63, 3.8) is 0 Å². The minimum atomic E-state index is 0.624. The monoisotopic (exact) mass is 232 g/mol. The first-order valence-corrected chi connectivity index (χ1v) is 6.25. The van der Waals surface area contributed by atoms with Crippen LogP contribution in [0.15, 0.2) is 24.3 Å². The third-order valence-corrected chi connectivity index (χ3v) is 3.42. The third-order valence-electron chi connectivity index (χ3n) is 3.42. The van der Waals surface area contributed by atoms with Crippen LogP contribution in [0.4, 0.5) is 5.69 Å². The second-order valence-electron chi connectivity index (χ2n) is 4.83. The first-order chi connectivity index (χ1) is 8.20. The normalized spacial score (nSPS) is 17.5. The highest BCUT2D eigenvalue weighted by Crippen LogP contribution is 2.18. The summed E-state index contributed by atoms with van der Waals surface area (Å²) in [5, 5.41) is 0. The predicted molar refractivity (Wildman–Crippen MR) is 70.8 cm³/mol. The predicted octanol–water partition coefficient (Wildman–Crippen LogP) is 2.03. The Balaban J connectivity index is 2.02. The molecule has 1 aromatic carbocycles.